The van der Waals surface area contributed by atoms with Crippen LogP contribution in [0.2, 0.25) is 5.02 Å². The van der Waals surface area contributed by atoms with Crippen LogP contribution in [0.3, 0.4) is 0 Å². The van der Waals surface area contributed by atoms with Gasteiger partial charge in [0.15, 0.2) is 0 Å². The van der Waals surface area contributed by atoms with E-state index in [0.29, 0.717) is 0 Å². The van der Waals surface area contributed by atoms with E-state index in [1.54, 1.807) is 0 Å². The Labute approximate surface area is 118 Å². The van der Waals surface area contributed by atoms with Gasteiger partial charge in [0.25, 0.3) is 0 Å². The summed E-state index contributed by atoms with van der Waals surface area (Å²) in [7, 11) is 0. The van der Waals surface area contributed by atoms with Crippen LogP contribution in [-0.4, -0.2) is 0 Å². The second-order valence-electron chi connectivity index (χ2n) is 4.12. The number of hydrogen-bond donors (Lipinski definition) is 0. The molecule has 0 saturated heterocycles. The lowest BCUT2D eigenvalue weighted by atomic mass is 10.0. The van der Waals surface area contributed by atoms with E-state index in [-0.39, 0.29) is 21.7 Å². The highest BCUT2D eigenvalue weighted by atomic mass is 35.5. The summed E-state index contributed by atoms with van der Waals surface area (Å²) in [4.78, 5) is 0. The van der Waals surface area contributed by atoms with E-state index in [2.05, 4.69) is 0 Å². The number of aryl methyl sites for hydroxylation is 1. The Hall–Kier alpha value is -1.19. The smallest absolute Gasteiger partial charge is 0.131 e. The summed E-state index contributed by atoms with van der Waals surface area (Å²) >= 11 is 12.0. The normalized spacial score (nSPS) is 12.5. The van der Waals surface area contributed by atoms with Crippen molar-refractivity contribution >= 4 is 23.2 Å². The van der Waals surface area contributed by atoms with Crippen LogP contribution in [0.25, 0.3) is 0 Å². The average molecular weight is 305 g/mol. The first-order valence-electron chi connectivity index (χ1n) is 5.45. The van der Waals surface area contributed by atoms with E-state index in [1.165, 1.54) is 31.2 Å². The van der Waals surface area contributed by atoms with Crippen molar-refractivity contribution < 1.29 is 13.2 Å². The molecule has 0 aliphatic carbocycles. The zero-order valence-corrected chi connectivity index (χ0v) is 11.4. The van der Waals surface area contributed by atoms with Crippen molar-refractivity contribution in [2.45, 2.75) is 12.3 Å². The second-order valence-corrected chi connectivity index (χ2v) is 4.96. The minimum atomic E-state index is -1.12. The van der Waals surface area contributed by atoms with Gasteiger partial charge in [0.1, 0.15) is 17.5 Å². The molecule has 0 heterocycles. The monoisotopic (exact) mass is 304 g/mol. The fraction of sp³-hybridized carbons (Fsp3) is 0.143. The number of alkyl halides is 1. The molecule has 0 aliphatic heterocycles. The molecule has 0 N–H and O–H groups in total. The summed E-state index contributed by atoms with van der Waals surface area (Å²) in [5.41, 5.74) is 0.206. The SMILES string of the molecule is Cc1cc(C(Cl)c2c(F)cccc2Cl)c(F)cc1F. The molecule has 0 aromatic heterocycles. The van der Waals surface area contributed by atoms with Crippen LogP contribution < -0.4 is 0 Å². The fourth-order valence-electron chi connectivity index (χ4n) is 1.78. The van der Waals surface area contributed by atoms with Crippen LogP contribution in [0, 0.1) is 24.4 Å². The highest BCUT2D eigenvalue weighted by Gasteiger charge is 2.22. The third-order valence-electron chi connectivity index (χ3n) is 2.80. The van der Waals surface area contributed by atoms with Gasteiger partial charge < -0.3 is 0 Å². The van der Waals surface area contributed by atoms with Gasteiger partial charge in [-0.1, -0.05) is 17.7 Å². The Kier molecular flexibility index (Phi) is 4.07. The van der Waals surface area contributed by atoms with Gasteiger partial charge in [0.05, 0.1) is 5.38 Å². The molecule has 0 radical (unpaired) electrons. The van der Waals surface area contributed by atoms with Crippen LogP contribution in [0.1, 0.15) is 22.1 Å². The van der Waals surface area contributed by atoms with E-state index >= 15 is 0 Å². The summed E-state index contributed by atoms with van der Waals surface area (Å²) in [5.74, 6) is -2.14. The Morgan fingerprint density at radius 2 is 1.68 bits per heavy atom. The lowest BCUT2D eigenvalue weighted by Crippen LogP contribution is -2.02. The molecule has 2 aromatic rings. The fourth-order valence-corrected chi connectivity index (χ4v) is 2.50. The van der Waals surface area contributed by atoms with Crippen LogP contribution in [-0.2, 0) is 0 Å². The predicted octanol–water partition coefficient (Wildman–Crippen LogP) is 5.39. The number of rotatable bonds is 2. The molecule has 0 bridgehead atoms. The van der Waals surface area contributed by atoms with Gasteiger partial charge in [-0.25, -0.2) is 13.2 Å². The van der Waals surface area contributed by atoms with Crippen LogP contribution >= 0.6 is 23.2 Å². The first kappa shape index (κ1) is 14.2. The highest BCUT2D eigenvalue weighted by Crippen LogP contribution is 2.37. The van der Waals surface area contributed by atoms with Crippen molar-refractivity contribution in [3.8, 4) is 0 Å². The first-order valence-corrected chi connectivity index (χ1v) is 6.26. The van der Waals surface area contributed by atoms with E-state index in [9.17, 15) is 13.2 Å². The molecular weight excluding hydrogens is 296 g/mol. The zero-order chi connectivity index (χ0) is 14.2. The predicted molar refractivity (Wildman–Crippen MR) is 70.2 cm³/mol. The number of benzene rings is 2. The molecule has 0 fully saturated rings. The third kappa shape index (κ3) is 2.72. The Balaban J connectivity index is 2.56. The van der Waals surface area contributed by atoms with Gasteiger partial charge in [-0.15, -0.1) is 11.6 Å². The quantitative estimate of drug-likeness (QED) is 0.652. The minimum absolute atomic E-state index is 0.00688. The molecule has 0 amide bonds. The molecule has 0 aliphatic rings. The molecule has 1 unspecified atom stereocenters. The van der Waals surface area contributed by atoms with Gasteiger partial charge in [-0.3, -0.25) is 0 Å². The molecule has 2 aromatic carbocycles. The molecule has 0 nitrogen and oxygen atoms in total. The van der Waals surface area contributed by atoms with E-state index in [0.717, 1.165) is 6.07 Å². The third-order valence-corrected chi connectivity index (χ3v) is 3.59. The van der Waals surface area contributed by atoms with Crippen LogP contribution in [0.5, 0.6) is 0 Å². The molecule has 19 heavy (non-hydrogen) atoms. The topological polar surface area (TPSA) is 0 Å². The summed E-state index contributed by atoms with van der Waals surface area (Å²) < 4.78 is 40.7. The van der Waals surface area contributed by atoms with E-state index < -0.39 is 22.8 Å². The summed E-state index contributed by atoms with van der Waals surface area (Å²) in [5, 5.41) is -1.02. The Bertz CT molecular complexity index is 606. The van der Waals surface area contributed by atoms with Crippen LogP contribution in [0.4, 0.5) is 13.2 Å². The molecular formula is C14H9Cl2F3. The molecule has 1 atom stereocenters. The maximum atomic E-state index is 13.7. The Morgan fingerprint density at radius 3 is 2.32 bits per heavy atom. The lowest BCUT2D eigenvalue weighted by molar-refractivity contribution is 0.565. The van der Waals surface area contributed by atoms with Gasteiger partial charge in [0.2, 0.25) is 0 Å². The van der Waals surface area contributed by atoms with Crippen LogP contribution in [0.15, 0.2) is 30.3 Å². The van der Waals surface area contributed by atoms with Crippen molar-refractivity contribution in [2.24, 2.45) is 0 Å². The van der Waals surface area contributed by atoms with Crippen molar-refractivity contribution in [1.82, 2.24) is 0 Å². The standard InChI is InChI=1S/C14H9Cl2F3/c1-7-5-8(12(19)6-11(7)18)14(16)13-9(15)3-2-4-10(13)17/h2-6,14H,1H3. The summed E-state index contributed by atoms with van der Waals surface area (Å²) in [6.07, 6.45) is 0. The summed E-state index contributed by atoms with van der Waals surface area (Å²) in [6.45, 7) is 1.48. The lowest BCUT2D eigenvalue weighted by Gasteiger charge is -2.15. The number of hydrogen-bond acceptors (Lipinski definition) is 0. The second kappa shape index (κ2) is 5.43. The van der Waals surface area contributed by atoms with E-state index in [4.69, 9.17) is 23.2 Å². The molecule has 0 saturated carbocycles. The average Bonchev–Trinajstić information content (AvgIpc) is 2.33. The van der Waals surface area contributed by atoms with Crippen molar-refractivity contribution in [3.63, 3.8) is 0 Å². The first-order chi connectivity index (χ1) is 8.91. The largest absolute Gasteiger partial charge is 0.207 e. The molecule has 2 rings (SSSR count). The van der Waals surface area contributed by atoms with Gasteiger partial charge in [-0.2, -0.15) is 0 Å². The van der Waals surface area contributed by atoms with Crippen molar-refractivity contribution in [2.75, 3.05) is 0 Å². The maximum absolute atomic E-state index is 13.7. The minimum Gasteiger partial charge on any atom is -0.207 e. The maximum Gasteiger partial charge on any atom is 0.131 e. The number of halogens is 5. The highest BCUT2D eigenvalue weighted by molar-refractivity contribution is 6.33. The summed E-state index contributed by atoms with van der Waals surface area (Å²) in [6, 6.07) is 6.06. The van der Waals surface area contributed by atoms with E-state index in [1.807, 2.05) is 0 Å². The van der Waals surface area contributed by atoms with Crippen molar-refractivity contribution in [1.29, 1.82) is 0 Å². The molecule has 0 spiro atoms. The van der Waals surface area contributed by atoms with Gasteiger partial charge >= 0.3 is 0 Å². The Morgan fingerprint density at radius 1 is 1.00 bits per heavy atom. The van der Waals surface area contributed by atoms with Crippen molar-refractivity contribution in [3.05, 3.63) is 69.5 Å². The zero-order valence-electron chi connectivity index (χ0n) is 9.85. The molecule has 100 valence electrons. The molecule has 5 heteroatoms. The van der Waals surface area contributed by atoms with Gasteiger partial charge in [0, 0.05) is 22.2 Å². The van der Waals surface area contributed by atoms with Gasteiger partial charge in [-0.05, 0) is 30.7 Å².